The van der Waals surface area contributed by atoms with Crippen molar-refractivity contribution in [3.8, 4) is 0 Å². The minimum atomic E-state index is 0.352. The fourth-order valence-corrected chi connectivity index (χ4v) is 0.497. The van der Waals surface area contributed by atoms with Gasteiger partial charge in [-0.2, -0.15) is 0 Å². The molecule has 0 saturated heterocycles. The highest BCUT2D eigenvalue weighted by atomic mass is 31.1. The van der Waals surface area contributed by atoms with Gasteiger partial charge in [-0.1, -0.05) is 0 Å². The Kier molecular flexibility index (Phi) is 0.553. The van der Waals surface area contributed by atoms with Crippen molar-refractivity contribution in [3.63, 3.8) is 0 Å². The third-order valence-corrected chi connectivity index (χ3v) is 1.34. The molecule has 5 heavy (non-hydrogen) atoms. The van der Waals surface area contributed by atoms with Gasteiger partial charge < -0.3 is 0 Å². The zero-order chi connectivity index (χ0) is 3.70. The molecule has 1 nitrogen and oxygen atoms in total. The second kappa shape index (κ2) is 0.908. The molecule has 2 heteroatoms. The fraction of sp³-hybridized carbons (Fsp3) is 0.333. The van der Waals surface area contributed by atoms with Crippen LogP contribution in [0.3, 0.4) is 0 Å². The maximum Gasteiger partial charge on any atom is 0.185 e. The largest absolute Gasteiger partial charge is 0.289 e. The van der Waals surface area contributed by atoms with Gasteiger partial charge >= 0.3 is 0 Å². The molecule has 1 heterocycles. The predicted octanol–water partition coefficient (Wildman–Crippen LogP) is 0.665. The van der Waals surface area contributed by atoms with Crippen LogP contribution >= 0.6 is 8.20 Å². The lowest BCUT2D eigenvalue weighted by Gasteiger charge is -1.91. The zero-order valence-corrected chi connectivity index (χ0v) is 3.53. The first-order valence-electron chi connectivity index (χ1n) is 1.45. The van der Waals surface area contributed by atoms with E-state index in [1.165, 1.54) is 0 Å². The third-order valence-electron chi connectivity index (χ3n) is 0.501. The molecule has 0 aromatic rings. The number of hydrogen-bond acceptors (Lipinski definition) is 1. The van der Waals surface area contributed by atoms with Gasteiger partial charge in [0.15, 0.2) is 5.52 Å². The SMILES string of the molecule is O=C1CC=P1. The maximum absolute atomic E-state index is 9.86. The van der Waals surface area contributed by atoms with Crippen LogP contribution in [0.4, 0.5) is 0 Å². The summed E-state index contributed by atoms with van der Waals surface area (Å²) < 4.78 is 0. The molecular formula is C3H3OP. The van der Waals surface area contributed by atoms with Gasteiger partial charge in [-0.3, -0.25) is 4.79 Å². The van der Waals surface area contributed by atoms with E-state index in [0.29, 0.717) is 11.9 Å². The summed E-state index contributed by atoms with van der Waals surface area (Å²) in [7, 11) is 0.914. The van der Waals surface area contributed by atoms with Crippen LogP contribution in [0.25, 0.3) is 0 Å². The van der Waals surface area contributed by atoms with Gasteiger partial charge in [-0.05, 0) is 14.0 Å². The second-order valence-electron chi connectivity index (χ2n) is 0.910. The van der Waals surface area contributed by atoms with Crippen LogP contribution in [0.1, 0.15) is 6.42 Å². The van der Waals surface area contributed by atoms with Gasteiger partial charge in [0.25, 0.3) is 0 Å². The molecule has 0 spiro atoms. The first-order valence-corrected chi connectivity index (χ1v) is 2.41. The quantitative estimate of drug-likeness (QED) is 0.396. The Balaban J connectivity index is 2.71. The summed E-state index contributed by atoms with van der Waals surface area (Å²) in [5, 5.41) is 0. The van der Waals surface area contributed by atoms with Crippen LogP contribution in [0.5, 0.6) is 0 Å². The Bertz CT molecular complexity index is 84.9. The van der Waals surface area contributed by atoms with Gasteiger partial charge in [0.1, 0.15) is 0 Å². The van der Waals surface area contributed by atoms with Crippen molar-refractivity contribution in [2.75, 3.05) is 0 Å². The standard InChI is InChI=1S/C3H3OP/c4-3-1-2-5-3/h2H,1H2. The molecule has 0 unspecified atom stereocenters. The lowest BCUT2D eigenvalue weighted by molar-refractivity contribution is -0.110. The van der Waals surface area contributed by atoms with Crippen molar-refractivity contribution < 1.29 is 4.79 Å². The highest BCUT2D eigenvalue weighted by Crippen LogP contribution is 2.09. The fourth-order valence-electron chi connectivity index (χ4n) is 0.166. The van der Waals surface area contributed by atoms with E-state index in [1.807, 2.05) is 5.80 Å². The molecule has 0 aliphatic carbocycles. The van der Waals surface area contributed by atoms with E-state index < -0.39 is 0 Å². The third kappa shape index (κ3) is 0.381. The molecule has 0 aromatic heterocycles. The molecule has 0 saturated carbocycles. The zero-order valence-electron chi connectivity index (χ0n) is 2.64. The highest BCUT2D eigenvalue weighted by molar-refractivity contribution is 7.61. The molecular weight excluding hydrogens is 83.0 g/mol. The molecule has 0 radical (unpaired) electrons. The smallest absolute Gasteiger partial charge is 0.185 e. The summed E-state index contributed by atoms with van der Waals surface area (Å²) in [6, 6.07) is 0. The van der Waals surface area contributed by atoms with Crippen LogP contribution in [-0.2, 0) is 4.79 Å². The average molecular weight is 86.0 g/mol. The Morgan fingerprint density at radius 3 is 2.40 bits per heavy atom. The van der Waals surface area contributed by atoms with Gasteiger partial charge in [-0.15, -0.1) is 0 Å². The Morgan fingerprint density at radius 1 is 2.00 bits per heavy atom. The number of carbonyl (C=O) groups is 1. The summed E-state index contributed by atoms with van der Waals surface area (Å²) >= 11 is 0. The van der Waals surface area contributed by atoms with Crippen molar-refractivity contribution in [2.45, 2.75) is 6.42 Å². The van der Waals surface area contributed by atoms with Gasteiger partial charge in [0.2, 0.25) is 0 Å². The number of carbonyl (C=O) groups excluding carboxylic acids is 1. The minimum absolute atomic E-state index is 0.352. The predicted molar refractivity (Wildman–Crippen MR) is 22.6 cm³/mol. The summed E-state index contributed by atoms with van der Waals surface area (Å²) in [4.78, 5) is 9.86. The molecule has 1 rings (SSSR count). The normalized spacial score (nSPS) is 22.0. The van der Waals surface area contributed by atoms with Crippen molar-refractivity contribution in [3.05, 3.63) is 0 Å². The molecule has 0 fully saturated rings. The minimum Gasteiger partial charge on any atom is -0.289 e. The topological polar surface area (TPSA) is 17.1 Å². The maximum atomic E-state index is 9.86. The first-order chi connectivity index (χ1) is 2.39. The molecule has 0 N–H and O–H groups in total. The lowest BCUT2D eigenvalue weighted by atomic mass is 10.5. The molecule has 1 aliphatic heterocycles. The van der Waals surface area contributed by atoms with E-state index >= 15 is 0 Å². The van der Waals surface area contributed by atoms with Gasteiger partial charge in [0, 0.05) is 6.42 Å². The Labute approximate surface area is 31.8 Å². The van der Waals surface area contributed by atoms with Crippen LogP contribution in [0.15, 0.2) is 0 Å². The molecule has 1 aliphatic rings. The molecule has 26 valence electrons. The summed E-state index contributed by atoms with van der Waals surface area (Å²) in [5.41, 5.74) is 0.352. The van der Waals surface area contributed by atoms with Gasteiger partial charge in [-0.25, -0.2) is 0 Å². The number of rotatable bonds is 0. The van der Waals surface area contributed by atoms with Crippen LogP contribution in [0.2, 0.25) is 0 Å². The van der Waals surface area contributed by atoms with Crippen molar-refractivity contribution in [1.82, 2.24) is 0 Å². The van der Waals surface area contributed by atoms with E-state index in [4.69, 9.17) is 0 Å². The Morgan fingerprint density at radius 2 is 2.40 bits per heavy atom. The van der Waals surface area contributed by atoms with Crippen LogP contribution < -0.4 is 0 Å². The van der Waals surface area contributed by atoms with Crippen LogP contribution in [-0.4, -0.2) is 11.3 Å². The second-order valence-corrected chi connectivity index (χ2v) is 2.03. The van der Waals surface area contributed by atoms with Gasteiger partial charge in [0.05, 0.1) is 0 Å². The monoisotopic (exact) mass is 86.0 g/mol. The van der Waals surface area contributed by atoms with E-state index in [-0.39, 0.29) is 0 Å². The van der Waals surface area contributed by atoms with Crippen molar-refractivity contribution >= 4 is 19.5 Å². The van der Waals surface area contributed by atoms with E-state index in [9.17, 15) is 4.79 Å². The summed E-state index contributed by atoms with van der Waals surface area (Å²) in [6.45, 7) is 0. The Hall–Kier alpha value is -0.160. The van der Waals surface area contributed by atoms with Crippen molar-refractivity contribution in [2.24, 2.45) is 0 Å². The summed E-state index contributed by atoms with van der Waals surface area (Å²) in [5.74, 6) is 1.95. The van der Waals surface area contributed by atoms with Crippen LogP contribution in [0, 0.1) is 0 Å². The highest BCUT2D eigenvalue weighted by Gasteiger charge is 1.99. The molecule has 0 amide bonds. The molecule has 0 atom stereocenters. The number of hydrogen-bond donors (Lipinski definition) is 0. The van der Waals surface area contributed by atoms with E-state index in [2.05, 4.69) is 0 Å². The van der Waals surface area contributed by atoms with E-state index in [0.717, 1.165) is 8.20 Å². The first kappa shape index (κ1) is 3.05. The average Bonchev–Trinajstić information content (AvgIpc) is 1.30. The molecule has 0 bridgehead atoms. The lowest BCUT2D eigenvalue weighted by Crippen LogP contribution is -1.93. The van der Waals surface area contributed by atoms with Crippen molar-refractivity contribution in [1.29, 1.82) is 0 Å². The molecule has 0 aromatic carbocycles. The van der Waals surface area contributed by atoms with E-state index in [1.54, 1.807) is 0 Å². The summed E-state index contributed by atoms with van der Waals surface area (Å²) in [6.07, 6.45) is 0.710.